The summed E-state index contributed by atoms with van der Waals surface area (Å²) in [5.41, 5.74) is 2.66. The molecule has 0 bridgehead atoms. The molecular formula is C23H26FN3O2. The maximum atomic E-state index is 13.2. The molecular weight excluding hydrogens is 369 g/mol. The lowest BCUT2D eigenvalue weighted by molar-refractivity contribution is -0.132. The summed E-state index contributed by atoms with van der Waals surface area (Å²) >= 11 is 0. The fraction of sp³-hybridized carbons (Fsp3) is 0.391. The Balaban J connectivity index is 1.24. The largest absolute Gasteiger partial charge is 0.368 e. The van der Waals surface area contributed by atoms with Gasteiger partial charge >= 0.3 is 0 Å². The molecule has 1 saturated heterocycles. The van der Waals surface area contributed by atoms with Crippen molar-refractivity contribution in [1.29, 1.82) is 0 Å². The first-order chi connectivity index (χ1) is 14.1. The Hall–Kier alpha value is -2.89. The first kappa shape index (κ1) is 19.4. The summed E-state index contributed by atoms with van der Waals surface area (Å²) in [5.74, 6) is 0.233. The highest BCUT2D eigenvalue weighted by molar-refractivity contribution is 5.91. The molecule has 0 unspecified atom stereocenters. The lowest BCUT2D eigenvalue weighted by atomic mass is 10.1. The number of piperazine rings is 1. The van der Waals surface area contributed by atoms with E-state index in [1.807, 2.05) is 35.2 Å². The Morgan fingerprint density at radius 2 is 1.72 bits per heavy atom. The summed E-state index contributed by atoms with van der Waals surface area (Å²) in [6, 6.07) is 14.1. The maximum absolute atomic E-state index is 13.2. The number of benzene rings is 2. The molecule has 0 aromatic heterocycles. The van der Waals surface area contributed by atoms with Crippen LogP contribution in [0.3, 0.4) is 0 Å². The molecule has 2 amide bonds. The van der Waals surface area contributed by atoms with Crippen molar-refractivity contribution in [1.82, 2.24) is 4.90 Å². The summed E-state index contributed by atoms with van der Waals surface area (Å²) in [6.07, 6.45) is 2.91. The lowest BCUT2D eigenvalue weighted by Crippen LogP contribution is -2.49. The molecule has 0 radical (unpaired) electrons. The second-order valence-electron chi connectivity index (χ2n) is 7.81. The average Bonchev–Trinajstić information content (AvgIpc) is 3.58. The van der Waals surface area contributed by atoms with E-state index < -0.39 is 0 Å². The van der Waals surface area contributed by atoms with Crippen LogP contribution >= 0.6 is 0 Å². The number of amides is 2. The molecule has 4 rings (SSSR count). The van der Waals surface area contributed by atoms with Crippen molar-refractivity contribution in [2.45, 2.75) is 25.7 Å². The Kier molecular flexibility index (Phi) is 5.79. The van der Waals surface area contributed by atoms with Crippen LogP contribution in [0.2, 0.25) is 0 Å². The van der Waals surface area contributed by atoms with Crippen molar-refractivity contribution in [3.63, 3.8) is 0 Å². The molecule has 1 aliphatic heterocycles. The highest BCUT2D eigenvalue weighted by Crippen LogP contribution is 2.31. The van der Waals surface area contributed by atoms with E-state index in [0.717, 1.165) is 56.0 Å². The number of halogens is 1. The minimum absolute atomic E-state index is 0.0887. The van der Waals surface area contributed by atoms with Gasteiger partial charge in [-0.2, -0.15) is 0 Å². The minimum Gasteiger partial charge on any atom is -0.368 e. The van der Waals surface area contributed by atoms with Gasteiger partial charge in [-0.25, -0.2) is 4.39 Å². The van der Waals surface area contributed by atoms with E-state index in [-0.39, 0.29) is 17.6 Å². The van der Waals surface area contributed by atoms with Crippen molar-refractivity contribution >= 4 is 23.2 Å². The quantitative estimate of drug-likeness (QED) is 0.815. The Morgan fingerprint density at radius 3 is 2.38 bits per heavy atom. The van der Waals surface area contributed by atoms with E-state index in [1.165, 1.54) is 12.1 Å². The summed E-state index contributed by atoms with van der Waals surface area (Å²) in [6.45, 7) is 3.21. The minimum atomic E-state index is -0.281. The van der Waals surface area contributed by atoms with E-state index in [9.17, 15) is 14.0 Å². The second-order valence-corrected chi connectivity index (χ2v) is 7.81. The van der Waals surface area contributed by atoms with Gasteiger partial charge in [0.25, 0.3) is 0 Å². The van der Waals surface area contributed by atoms with Crippen LogP contribution in [0.1, 0.15) is 24.8 Å². The first-order valence-corrected chi connectivity index (χ1v) is 10.3. The van der Waals surface area contributed by atoms with Crippen LogP contribution in [0.4, 0.5) is 15.8 Å². The third kappa shape index (κ3) is 5.13. The van der Waals surface area contributed by atoms with E-state index >= 15 is 0 Å². The van der Waals surface area contributed by atoms with E-state index in [4.69, 9.17) is 0 Å². The summed E-state index contributed by atoms with van der Waals surface area (Å²) in [4.78, 5) is 28.6. The molecule has 1 aliphatic carbocycles. The van der Waals surface area contributed by atoms with Crippen molar-refractivity contribution in [2.24, 2.45) is 5.92 Å². The van der Waals surface area contributed by atoms with Crippen LogP contribution in [0.25, 0.3) is 0 Å². The van der Waals surface area contributed by atoms with Crippen LogP contribution in [-0.4, -0.2) is 42.9 Å². The maximum Gasteiger partial charge on any atom is 0.225 e. The summed E-state index contributed by atoms with van der Waals surface area (Å²) in [5, 5.41) is 2.89. The topological polar surface area (TPSA) is 52.7 Å². The molecule has 0 spiro atoms. The standard InChI is InChI=1S/C23H26FN3O2/c24-19-3-1-2-17(16-19)4-11-22(28)25-20-7-9-21(10-8-20)26-12-14-27(15-13-26)23(29)18-5-6-18/h1-3,7-10,16,18H,4-6,11-15H2,(H,25,28). The van der Waals surface area contributed by atoms with Crippen molar-refractivity contribution in [3.8, 4) is 0 Å². The van der Waals surface area contributed by atoms with Gasteiger partial charge in [0.15, 0.2) is 0 Å². The monoisotopic (exact) mass is 395 g/mol. The van der Waals surface area contributed by atoms with Gasteiger partial charge in [0, 0.05) is 49.9 Å². The van der Waals surface area contributed by atoms with Gasteiger partial charge < -0.3 is 15.1 Å². The number of hydrogen-bond donors (Lipinski definition) is 1. The zero-order valence-corrected chi connectivity index (χ0v) is 16.4. The van der Waals surface area contributed by atoms with E-state index in [2.05, 4.69) is 10.2 Å². The predicted molar refractivity (Wildman–Crippen MR) is 111 cm³/mol. The van der Waals surface area contributed by atoms with E-state index in [0.29, 0.717) is 18.7 Å². The van der Waals surface area contributed by atoms with Gasteiger partial charge in [-0.1, -0.05) is 12.1 Å². The predicted octanol–water partition coefficient (Wildman–Crippen LogP) is 3.46. The zero-order valence-electron chi connectivity index (χ0n) is 16.4. The molecule has 0 atom stereocenters. The number of hydrogen-bond acceptors (Lipinski definition) is 3. The number of nitrogens with one attached hydrogen (secondary N) is 1. The first-order valence-electron chi connectivity index (χ1n) is 10.3. The second kappa shape index (κ2) is 8.64. The molecule has 6 heteroatoms. The molecule has 29 heavy (non-hydrogen) atoms. The third-order valence-electron chi connectivity index (χ3n) is 5.56. The normalized spacial score (nSPS) is 16.6. The number of nitrogens with zero attached hydrogens (tertiary/aromatic N) is 2. The van der Waals surface area contributed by atoms with Crippen LogP contribution in [0.5, 0.6) is 0 Å². The van der Waals surface area contributed by atoms with Gasteiger partial charge in [-0.3, -0.25) is 9.59 Å². The van der Waals surface area contributed by atoms with Gasteiger partial charge in [-0.05, 0) is 61.2 Å². The van der Waals surface area contributed by atoms with Crippen molar-refractivity contribution in [3.05, 3.63) is 59.9 Å². The SMILES string of the molecule is O=C(CCc1cccc(F)c1)Nc1ccc(N2CCN(C(=O)C3CC3)CC2)cc1. The highest BCUT2D eigenvalue weighted by Gasteiger charge is 2.34. The zero-order chi connectivity index (χ0) is 20.2. The van der Waals surface area contributed by atoms with Gasteiger partial charge in [0.1, 0.15) is 5.82 Å². The van der Waals surface area contributed by atoms with Gasteiger partial charge in [0.05, 0.1) is 0 Å². The smallest absolute Gasteiger partial charge is 0.225 e. The molecule has 2 aliphatic rings. The number of anilines is 2. The number of rotatable bonds is 6. The molecule has 1 heterocycles. The molecule has 1 N–H and O–H groups in total. The summed E-state index contributed by atoms with van der Waals surface area (Å²) < 4.78 is 13.2. The van der Waals surface area contributed by atoms with Crippen LogP contribution < -0.4 is 10.2 Å². The Morgan fingerprint density at radius 1 is 1.00 bits per heavy atom. The Bertz CT molecular complexity index is 872. The molecule has 2 fully saturated rings. The van der Waals surface area contributed by atoms with Gasteiger partial charge in [0.2, 0.25) is 11.8 Å². The third-order valence-corrected chi connectivity index (χ3v) is 5.56. The number of aryl methyl sites for hydroxylation is 1. The fourth-order valence-corrected chi connectivity index (χ4v) is 3.70. The van der Waals surface area contributed by atoms with Crippen molar-refractivity contribution < 1.29 is 14.0 Å². The van der Waals surface area contributed by atoms with Crippen LogP contribution in [-0.2, 0) is 16.0 Å². The molecule has 5 nitrogen and oxygen atoms in total. The van der Waals surface area contributed by atoms with Crippen LogP contribution in [0, 0.1) is 11.7 Å². The van der Waals surface area contributed by atoms with Crippen LogP contribution in [0.15, 0.2) is 48.5 Å². The van der Waals surface area contributed by atoms with E-state index in [1.54, 1.807) is 6.07 Å². The van der Waals surface area contributed by atoms with Gasteiger partial charge in [-0.15, -0.1) is 0 Å². The molecule has 152 valence electrons. The lowest BCUT2D eigenvalue weighted by Gasteiger charge is -2.36. The molecule has 1 saturated carbocycles. The van der Waals surface area contributed by atoms with Crippen molar-refractivity contribution in [2.75, 3.05) is 36.4 Å². The summed E-state index contributed by atoms with van der Waals surface area (Å²) in [7, 11) is 0. The number of carbonyl (C=O) groups excluding carboxylic acids is 2. The molecule has 2 aromatic carbocycles. The molecule has 2 aromatic rings. The average molecular weight is 395 g/mol. The Labute approximate surface area is 170 Å². The fourth-order valence-electron chi connectivity index (χ4n) is 3.70. The highest BCUT2D eigenvalue weighted by atomic mass is 19.1. The number of carbonyl (C=O) groups is 2.